The molecule has 2 rings (SSSR count). The van der Waals surface area contributed by atoms with Crippen molar-refractivity contribution in [1.29, 1.82) is 0 Å². The Kier molecular flexibility index (Phi) is 13.0. The van der Waals surface area contributed by atoms with Crippen molar-refractivity contribution in [3.8, 4) is 17.2 Å². The summed E-state index contributed by atoms with van der Waals surface area (Å²) in [5.74, 6) is 1.69. The second-order valence-electron chi connectivity index (χ2n) is 8.26. The number of carbonyl (C=O) groups is 1. The summed E-state index contributed by atoms with van der Waals surface area (Å²) >= 11 is 0. The highest BCUT2D eigenvalue weighted by molar-refractivity contribution is 5.91. The molecule has 0 N–H and O–H groups in total. The van der Waals surface area contributed by atoms with Gasteiger partial charge in [0.25, 0.3) is 0 Å². The summed E-state index contributed by atoms with van der Waals surface area (Å²) in [6.07, 6.45) is 13.8. The predicted molar refractivity (Wildman–Crippen MR) is 131 cm³/mol. The Bertz CT molecular complexity index is 737. The van der Waals surface area contributed by atoms with Gasteiger partial charge in [-0.1, -0.05) is 71.6 Å². The summed E-state index contributed by atoms with van der Waals surface area (Å²) < 4.78 is 16.9. The second-order valence-corrected chi connectivity index (χ2v) is 8.26. The standard InChI is InChI=1S/C28H40O4/c1-3-5-7-8-9-10-11-12-13-23-31-25-16-14-24(15-17-25)28(29)32-27-20-18-26(19-21-27)30-22-6-4-2/h14-21H,3-13,22-23H2,1-2H3. The maximum absolute atomic E-state index is 12.4. The minimum absolute atomic E-state index is 0.380. The fraction of sp³-hybridized carbons (Fsp3) is 0.536. The molecule has 176 valence electrons. The molecule has 0 amide bonds. The van der Waals surface area contributed by atoms with Crippen molar-refractivity contribution in [3.05, 3.63) is 54.1 Å². The molecule has 0 aliphatic rings. The molecule has 0 radical (unpaired) electrons. The maximum atomic E-state index is 12.4. The van der Waals surface area contributed by atoms with Crippen molar-refractivity contribution in [2.75, 3.05) is 13.2 Å². The van der Waals surface area contributed by atoms with Crippen LogP contribution in [-0.4, -0.2) is 19.2 Å². The van der Waals surface area contributed by atoms with Gasteiger partial charge in [-0.15, -0.1) is 0 Å². The molecule has 0 unspecified atom stereocenters. The Morgan fingerprint density at radius 3 is 1.56 bits per heavy atom. The number of hydrogen-bond acceptors (Lipinski definition) is 4. The highest BCUT2D eigenvalue weighted by Crippen LogP contribution is 2.20. The van der Waals surface area contributed by atoms with E-state index in [2.05, 4.69) is 13.8 Å². The summed E-state index contributed by atoms with van der Waals surface area (Å²) in [7, 11) is 0. The Hall–Kier alpha value is -2.49. The number of esters is 1. The lowest BCUT2D eigenvalue weighted by Gasteiger charge is -2.09. The summed E-state index contributed by atoms with van der Waals surface area (Å²) in [5, 5.41) is 0. The van der Waals surface area contributed by atoms with E-state index >= 15 is 0 Å². The molecule has 2 aromatic rings. The summed E-state index contributed by atoms with van der Waals surface area (Å²) in [4.78, 5) is 12.4. The number of hydrogen-bond donors (Lipinski definition) is 0. The van der Waals surface area contributed by atoms with Gasteiger partial charge in [0.15, 0.2) is 0 Å². The Morgan fingerprint density at radius 2 is 1.00 bits per heavy atom. The number of carbonyl (C=O) groups excluding carboxylic acids is 1. The number of ether oxygens (including phenoxy) is 3. The molecular formula is C28H40O4. The van der Waals surface area contributed by atoms with Crippen LogP contribution in [0.1, 0.15) is 94.8 Å². The molecular weight excluding hydrogens is 400 g/mol. The van der Waals surface area contributed by atoms with Crippen molar-refractivity contribution >= 4 is 5.97 Å². The normalized spacial score (nSPS) is 10.7. The first kappa shape index (κ1) is 25.8. The van der Waals surface area contributed by atoms with Gasteiger partial charge in [0, 0.05) is 0 Å². The molecule has 0 saturated heterocycles. The third-order valence-corrected chi connectivity index (χ3v) is 5.41. The molecule has 0 fully saturated rings. The lowest BCUT2D eigenvalue weighted by Crippen LogP contribution is -2.08. The molecule has 4 nitrogen and oxygen atoms in total. The van der Waals surface area contributed by atoms with Crippen molar-refractivity contribution in [1.82, 2.24) is 0 Å². The van der Waals surface area contributed by atoms with Crippen molar-refractivity contribution in [2.24, 2.45) is 0 Å². The van der Waals surface area contributed by atoms with E-state index in [4.69, 9.17) is 14.2 Å². The van der Waals surface area contributed by atoms with Crippen LogP contribution in [0, 0.1) is 0 Å². The van der Waals surface area contributed by atoms with Crippen molar-refractivity contribution in [2.45, 2.75) is 84.5 Å². The SMILES string of the molecule is CCCCCCCCCCCOc1ccc(C(=O)Oc2ccc(OCCCC)cc2)cc1. The number of benzene rings is 2. The minimum Gasteiger partial charge on any atom is -0.494 e. The van der Waals surface area contributed by atoms with Gasteiger partial charge in [-0.3, -0.25) is 0 Å². The van der Waals surface area contributed by atoms with Crippen LogP contribution >= 0.6 is 0 Å². The first-order valence-electron chi connectivity index (χ1n) is 12.4. The van der Waals surface area contributed by atoms with Crippen LogP contribution in [0.3, 0.4) is 0 Å². The molecule has 0 bridgehead atoms. The minimum atomic E-state index is -0.380. The van der Waals surface area contributed by atoms with Gasteiger partial charge in [-0.25, -0.2) is 4.79 Å². The Balaban J connectivity index is 1.62. The zero-order valence-electron chi connectivity index (χ0n) is 19.9. The molecule has 0 atom stereocenters. The topological polar surface area (TPSA) is 44.8 Å². The van der Waals surface area contributed by atoms with E-state index in [9.17, 15) is 4.79 Å². The summed E-state index contributed by atoms with van der Waals surface area (Å²) in [6, 6.07) is 14.3. The van der Waals surface area contributed by atoms with E-state index in [1.807, 2.05) is 24.3 Å². The summed E-state index contributed by atoms with van der Waals surface area (Å²) in [5.41, 5.74) is 0.503. The molecule has 0 aliphatic carbocycles. The molecule has 0 saturated carbocycles. The van der Waals surface area contributed by atoms with Crippen LogP contribution in [0.4, 0.5) is 0 Å². The van der Waals surface area contributed by atoms with Crippen molar-refractivity contribution in [3.63, 3.8) is 0 Å². The Morgan fingerprint density at radius 1 is 0.562 bits per heavy atom. The van der Waals surface area contributed by atoms with Crippen molar-refractivity contribution < 1.29 is 19.0 Å². The van der Waals surface area contributed by atoms with Gasteiger partial charge >= 0.3 is 5.97 Å². The van der Waals surface area contributed by atoms with Crippen LogP contribution in [0.2, 0.25) is 0 Å². The van der Waals surface area contributed by atoms with Gasteiger partial charge in [0.1, 0.15) is 17.2 Å². The molecule has 0 aliphatic heterocycles. The van der Waals surface area contributed by atoms with Gasteiger partial charge < -0.3 is 14.2 Å². The van der Waals surface area contributed by atoms with Crippen LogP contribution in [0.25, 0.3) is 0 Å². The number of rotatable bonds is 17. The fourth-order valence-electron chi connectivity index (χ4n) is 3.39. The van der Waals surface area contributed by atoms with Gasteiger partial charge in [0.2, 0.25) is 0 Å². The highest BCUT2D eigenvalue weighted by atomic mass is 16.5. The Labute approximate surface area is 194 Å². The monoisotopic (exact) mass is 440 g/mol. The smallest absolute Gasteiger partial charge is 0.343 e. The summed E-state index contributed by atoms with van der Waals surface area (Å²) in [6.45, 7) is 5.79. The van der Waals surface area contributed by atoms with Gasteiger partial charge in [-0.2, -0.15) is 0 Å². The third-order valence-electron chi connectivity index (χ3n) is 5.41. The molecule has 0 spiro atoms. The molecule has 2 aromatic carbocycles. The van der Waals surface area contributed by atoms with Crippen LogP contribution < -0.4 is 14.2 Å². The molecule has 4 heteroatoms. The predicted octanol–water partition coefficient (Wildman–Crippen LogP) is 7.99. The van der Waals surface area contributed by atoms with Crippen LogP contribution in [0.15, 0.2) is 48.5 Å². The first-order chi connectivity index (χ1) is 15.7. The van der Waals surface area contributed by atoms with E-state index in [0.29, 0.717) is 24.5 Å². The van der Waals surface area contributed by atoms with Crippen LogP contribution in [0.5, 0.6) is 17.2 Å². The van der Waals surface area contributed by atoms with E-state index in [1.165, 1.54) is 51.4 Å². The first-order valence-corrected chi connectivity index (χ1v) is 12.4. The van der Waals surface area contributed by atoms with E-state index < -0.39 is 0 Å². The molecule has 32 heavy (non-hydrogen) atoms. The largest absolute Gasteiger partial charge is 0.494 e. The lowest BCUT2D eigenvalue weighted by atomic mass is 10.1. The third kappa shape index (κ3) is 10.7. The van der Waals surface area contributed by atoms with E-state index in [1.54, 1.807) is 24.3 Å². The van der Waals surface area contributed by atoms with Crippen LogP contribution in [-0.2, 0) is 0 Å². The molecule has 0 aromatic heterocycles. The number of unbranched alkanes of at least 4 members (excludes halogenated alkanes) is 9. The quantitative estimate of drug-likeness (QED) is 0.142. The zero-order valence-corrected chi connectivity index (χ0v) is 19.9. The molecule has 0 heterocycles. The fourth-order valence-corrected chi connectivity index (χ4v) is 3.39. The second kappa shape index (κ2) is 16.2. The van der Waals surface area contributed by atoms with Gasteiger partial charge in [-0.05, 0) is 61.4 Å². The average molecular weight is 441 g/mol. The maximum Gasteiger partial charge on any atom is 0.343 e. The lowest BCUT2D eigenvalue weighted by molar-refractivity contribution is 0.0734. The van der Waals surface area contributed by atoms with E-state index in [-0.39, 0.29) is 5.97 Å². The van der Waals surface area contributed by atoms with E-state index in [0.717, 1.165) is 30.8 Å². The van der Waals surface area contributed by atoms with Gasteiger partial charge in [0.05, 0.1) is 18.8 Å². The highest BCUT2D eigenvalue weighted by Gasteiger charge is 2.09. The average Bonchev–Trinajstić information content (AvgIpc) is 2.82. The zero-order chi connectivity index (χ0) is 22.9.